The second-order valence-corrected chi connectivity index (χ2v) is 7.61. The summed E-state index contributed by atoms with van der Waals surface area (Å²) in [6, 6.07) is 9.72. The third-order valence-corrected chi connectivity index (χ3v) is 5.19. The van der Waals surface area contributed by atoms with E-state index in [4.69, 9.17) is 0 Å². The molecule has 0 radical (unpaired) electrons. The van der Waals surface area contributed by atoms with Crippen LogP contribution in [0.4, 0.5) is 5.69 Å². The van der Waals surface area contributed by atoms with E-state index in [1.807, 2.05) is 13.8 Å². The molecule has 7 nitrogen and oxygen atoms in total. The van der Waals surface area contributed by atoms with Crippen molar-refractivity contribution in [2.75, 3.05) is 0 Å². The van der Waals surface area contributed by atoms with E-state index < -0.39 is 21.7 Å². The number of nitro benzene ring substituents is 1. The molecule has 1 aromatic rings. The molecular weight excluding hydrogens is 346 g/mol. The summed E-state index contributed by atoms with van der Waals surface area (Å²) in [4.78, 5) is 22.9. The van der Waals surface area contributed by atoms with E-state index in [0.29, 0.717) is 5.56 Å². The Morgan fingerprint density at radius 1 is 1.22 bits per heavy atom. The Kier molecular flexibility index (Phi) is 4.12. The molecule has 0 saturated heterocycles. The van der Waals surface area contributed by atoms with Crippen LogP contribution in [0.15, 0.2) is 47.2 Å². The zero-order chi connectivity index (χ0) is 20.0. The highest BCUT2D eigenvalue weighted by molar-refractivity contribution is 6.03. The zero-order valence-electron chi connectivity index (χ0n) is 14.9. The maximum Gasteiger partial charge on any atom is 0.269 e. The summed E-state index contributed by atoms with van der Waals surface area (Å²) < 4.78 is 0. The van der Waals surface area contributed by atoms with Crippen LogP contribution in [-0.4, -0.2) is 15.8 Å². The molecule has 1 aromatic carbocycles. The lowest BCUT2D eigenvalue weighted by Crippen LogP contribution is -2.39. The van der Waals surface area contributed by atoms with E-state index in [1.165, 1.54) is 24.3 Å². The van der Waals surface area contributed by atoms with Gasteiger partial charge in [0.2, 0.25) is 0 Å². The van der Waals surface area contributed by atoms with E-state index in [9.17, 15) is 30.5 Å². The van der Waals surface area contributed by atoms with E-state index in [1.54, 1.807) is 6.08 Å². The van der Waals surface area contributed by atoms with E-state index in [2.05, 4.69) is 12.1 Å². The Morgan fingerprint density at radius 2 is 1.81 bits per heavy atom. The van der Waals surface area contributed by atoms with Crippen LogP contribution in [0.3, 0.4) is 0 Å². The van der Waals surface area contributed by atoms with Gasteiger partial charge in [-0.2, -0.15) is 10.5 Å². The standard InChI is InChI=1S/C20H17N3O4/c1-19(2)8-15-18(17(25)9-19)16(24)7-14(20(15,10-21)11-22)12-3-5-13(6-4-12)23(26)27/h3-6,8,14,24H,7,9H2,1-2H3/t14-/m1/s1. The molecule has 0 bridgehead atoms. The number of non-ortho nitro benzene ring substituents is 1. The number of Topliss-reactive ketones (excluding diaryl/α,β-unsaturated/α-hetero) is 1. The summed E-state index contributed by atoms with van der Waals surface area (Å²) in [6.45, 7) is 3.67. The molecule has 1 atom stereocenters. The number of nitrogens with zero attached hydrogens (tertiary/aromatic N) is 3. The Morgan fingerprint density at radius 3 is 2.33 bits per heavy atom. The van der Waals surface area contributed by atoms with Crippen molar-refractivity contribution < 1.29 is 14.8 Å². The predicted octanol–water partition coefficient (Wildman–Crippen LogP) is 3.85. The van der Waals surface area contributed by atoms with Gasteiger partial charge in [0.05, 0.1) is 22.6 Å². The first-order chi connectivity index (χ1) is 12.6. The van der Waals surface area contributed by atoms with Crippen molar-refractivity contribution in [2.45, 2.75) is 32.6 Å². The van der Waals surface area contributed by atoms with E-state index in [0.717, 1.165) is 0 Å². The van der Waals surface area contributed by atoms with Gasteiger partial charge in [-0.3, -0.25) is 14.9 Å². The molecule has 0 amide bonds. The van der Waals surface area contributed by atoms with Crippen LogP contribution in [0.2, 0.25) is 0 Å². The highest BCUT2D eigenvalue weighted by atomic mass is 16.6. The third kappa shape index (κ3) is 2.78. The van der Waals surface area contributed by atoms with Gasteiger partial charge in [-0.1, -0.05) is 32.1 Å². The quantitative estimate of drug-likeness (QED) is 0.627. The number of hydrogen-bond donors (Lipinski definition) is 1. The minimum absolute atomic E-state index is 0.0578. The first-order valence-electron chi connectivity index (χ1n) is 8.41. The monoisotopic (exact) mass is 363 g/mol. The average molecular weight is 363 g/mol. The van der Waals surface area contributed by atoms with Crippen molar-refractivity contribution in [2.24, 2.45) is 10.8 Å². The van der Waals surface area contributed by atoms with E-state index >= 15 is 0 Å². The molecule has 1 N–H and O–H groups in total. The molecule has 2 aliphatic carbocycles. The maximum absolute atomic E-state index is 12.6. The summed E-state index contributed by atoms with van der Waals surface area (Å²) in [5.41, 5.74) is -1.50. The van der Waals surface area contributed by atoms with Gasteiger partial charge >= 0.3 is 0 Å². The van der Waals surface area contributed by atoms with Crippen LogP contribution >= 0.6 is 0 Å². The molecule has 7 heteroatoms. The fourth-order valence-electron chi connectivity index (χ4n) is 3.93. The number of hydrogen-bond acceptors (Lipinski definition) is 6. The van der Waals surface area contributed by atoms with E-state index in [-0.39, 0.29) is 41.2 Å². The Hall–Kier alpha value is -3.45. The minimum Gasteiger partial charge on any atom is -0.512 e. The Labute approximate surface area is 156 Å². The highest BCUT2D eigenvalue weighted by Crippen LogP contribution is 2.55. The van der Waals surface area contributed by atoms with Gasteiger partial charge in [0.25, 0.3) is 5.69 Å². The Bertz CT molecular complexity index is 974. The predicted molar refractivity (Wildman–Crippen MR) is 95.3 cm³/mol. The molecule has 0 unspecified atom stereocenters. The van der Waals surface area contributed by atoms with Crippen LogP contribution in [-0.2, 0) is 4.79 Å². The number of nitro groups is 1. The fourth-order valence-corrected chi connectivity index (χ4v) is 3.93. The maximum atomic E-state index is 12.6. The van der Waals surface area contributed by atoms with Crippen molar-refractivity contribution in [3.8, 4) is 12.1 Å². The largest absolute Gasteiger partial charge is 0.512 e. The van der Waals surface area contributed by atoms with Crippen LogP contribution < -0.4 is 0 Å². The molecule has 0 spiro atoms. The lowest BCUT2D eigenvalue weighted by Gasteiger charge is -2.41. The molecular formula is C20H17N3O4. The Balaban J connectivity index is 2.23. The van der Waals surface area contributed by atoms with Gasteiger partial charge in [0.1, 0.15) is 5.76 Å². The smallest absolute Gasteiger partial charge is 0.269 e. The number of ketones is 1. The molecule has 2 aliphatic rings. The first-order valence-corrected chi connectivity index (χ1v) is 8.41. The van der Waals surface area contributed by atoms with Gasteiger partial charge < -0.3 is 5.11 Å². The number of nitriles is 2. The molecule has 0 saturated carbocycles. The zero-order valence-corrected chi connectivity index (χ0v) is 14.9. The number of aliphatic hydroxyl groups excluding tert-OH is 1. The molecule has 0 heterocycles. The second-order valence-electron chi connectivity index (χ2n) is 7.61. The average Bonchev–Trinajstić information content (AvgIpc) is 2.60. The minimum atomic E-state index is -1.66. The van der Waals surface area contributed by atoms with Crippen LogP contribution in [0, 0.1) is 43.6 Å². The number of carbonyl (C=O) groups excluding carboxylic acids is 1. The molecule has 27 heavy (non-hydrogen) atoms. The lowest BCUT2D eigenvalue weighted by molar-refractivity contribution is -0.384. The van der Waals surface area contributed by atoms with Crippen LogP contribution in [0.25, 0.3) is 0 Å². The van der Waals surface area contributed by atoms with Crippen molar-refractivity contribution >= 4 is 11.5 Å². The SMILES string of the molecule is CC1(C)C=C2C(=C(O)C[C@H](c3ccc([N+](=O)[O-])cc3)C2(C#N)C#N)C(=O)C1. The number of aliphatic hydroxyl groups is 1. The summed E-state index contributed by atoms with van der Waals surface area (Å²) in [6.07, 6.45) is 1.85. The van der Waals surface area contributed by atoms with Gasteiger partial charge in [-0.25, -0.2) is 0 Å². The fraction of sp³-hybridized carbons (Fsp3) is 0.350. The number of benzene rings is 1. The third-order valence-electron chi connectivity index (χ3n) is 5.19. The number of carbonyl (C=O) groups is 1. The lowest BCUT2D eigenvalue weighted by atomic mass is 9.58. The normalized spacial score (nSPS) is 22.9. The van der Waals surface area contributed by atoms with Gasteiger partial charge in [0.15, 0.2) is 11.2 Å². The summed E-state index contributed by atoms with van der Waals surface area (Å²) in [5.74, 6) is -1.18. The molecule has 3 rings (SSSR count). The van der Waals surface area contributed by atoms with Crippen LogP contribution in [0.1, 0.15) is 38.2 Å². The summed E-state index contributed by atoms with van der Waals surface area (Å²) in [7, 11) is 0. The topological polar surface area (TPSA) is 128 Å². The first kappa shape index (κ1) is 18.3. The summed E-state index contributed by atoms with van der Waals surface area (Å²) >= 11 is 0. The molecule has 0 aliphatic heterocycles. The van der Waals surface area contributed by atoms with Crippen molar-refractivity contribution in [3.05, 3.63) is 62.9 Å². The molecule has 0 aromatic heterocycles. The second kappa shape index (κ2) is 6.07. The van der Waals surface area contributed by atoms with Crippen molar-refractivity contribution in [3.63, 3.8) is 0 Å². The van der Waals surface area contributed by atoms with Crippen LogP contribution in [0.5, 0.6) is 0 Å². The van der Waals surface area contributed by atoms with Gasteiger partial charge in [0, 0.05) is 30.9 Å². The highest BCUT2D eigenvalue weighted by Gasteiger charge is 2.53. The number of allylic oxidation sites excluding steroid dienone is 4. The molecule has 136 valence electrons. The number of rotatable bonds is 2. The van der Waals surface area contributed by atoms with Crippen molar-refractivity contribution in [1.29, 1.82) is 10.5 Å². The number of fused-ring (bicyclic) bond motifs is 1. The van der Waals surface area contributed by atoms with Gasteiger partial charge in [-0.15, -0.1) is 0 Å². The van der Waals surface area contributed by atoms with Crippen molar-refractivity contribution in [1.82, 2.24) is 0 Å². The van der Waals surface area contributed by atoms with Gasteiger partial charge in [-0.05, 0) is 16.6 Å². The summed E-state index contributed by atoms with van der Waals surface area (Å²) in [5, 5.41) is 41.3. The molecule has 0 fully saturated rings.